The Bertz CT molecular complexity index is 253. The van der Waals surface area contributed by atoms with Gasteiger partial charge in [-0.3, -0.25) is 0 Å². The van der Waals surface area contributed by atoms with Crippen LogP contribution in [0.2, 0.25) is 0 Å². The highest BCUT2D eigenvalue weighted by molar-refractivity contribution is 7.98. The molecule has 0 fully saturated rings. The summed E-state index contributed by atoms with van der Waals surface area (Å²) in [6.45, 7) is 4.68. The van der Waals surface area contributed by atoms with Gasteiger partial charge in [-0.25, -0.2) is 0 Å². The number of hydrogen-bond acceptors (Lipinski definition) is 1. The summed E-state index contributed by atoms with van der Waals surface area (Å²) in [6, 6.07) is 10.9. The second-order valence-electron chi connectivity index (χ2n) is 4.48. The predicted octanol–water partition coefficient (Wildman–Crippen LogP) is 4.25. The molecule has 1 unspecified atom stereocenters. The number of rotatable bonds is 6. The van der Waals surface area contributed by atoms with Gasteiger partial charge in [-0.2, -0.15) is 11.8 Å². The van der Waals surface area contributed by atoms with Crippen LogP contribution in [-0.4, -0.2) is 12.0 Å². The zero-order valence-electron chi connectivity index (χ0n) is 10.1. The van der Waals surface area contributed by atoms with E-state index in [0.717, 1.165) is 11.8 Å². The van der Waals surface area contributed by atoms with Crippen LogP contribution in [0.15, 0.2) is 30.3 Å². The molecule has 0 amide bonds. The predicted molar refractivity (Wildman–Crippen MR) is 71.5 cm³/mol. The maximum atomic E-state index is 2.34. The van der Waals surface area contributed by atoms with Gasteiger partial charge in [0.1, 0.15) is 0 Å². The lowest BCUT2D eigenvalue weighted by Crippen LogP contribution is -2.13. The zero-order valence-corrected chi connectivity index (χ0v) is 10.9. The van der Waals surface area contributed by atoms with Crippen molar-refractivity contribution in [3.05, 3.63) is 35.9 Å². The minimum atomic E-state index is 0.789. The minimum Gasteiger partial charge on any atom is -0.165 e. The first-order valence-corrected chi connectivity index (χ1v) is 7.16. The Morgan fingerprint density at radius 3 is 2.33 bits per heavy atom. The van der Waals surface area contributed by atoms with Crippen LogP contribution in [0.1, 0.15) is 25.8 Å². The summed E-state index contributed by atoms with van der Waals surface area (Å²) in [5.41, 5.74) is 1.48. The largest absolute Gasteiger partial charge is 0.165 e. The van der Waals surface area contributed by atoms with Crippen molar-refractivity contribution in [3.8, 4) is 0 Å². The van der Waals surface area contributed by atoms with Crippen LogP contribution in [0.25, 0.3) is 0 Å². The molecule has 0 spiro atoms. The lowest BCUT2D eigenvalue weighted by molar-refractivity contribution is 0.373. The van der Waals surface area contributed by atoms with Crippen molar-refractivity contribution in [2.24, 2.45) is 11.8 Å². The molecule has 0 saturated carbocycles. The van der Waals surface area contributed by atoms with Gasteiger partial charge >= 0.3 is 0 Å². The van der Waals surface area contributed by atoms with Crippen LogP contribution < -0.4 is 0 Å². The summed E-state index contributed by atoms with van der Waals surface area (Å²) in [4.78, 5) is 0. The quantitative estimate of drug-likeness (QED) is 0.693. The van der Waals surface area contributed by atoms with E-state index in [2.05, 4.69) is 50.4 Å². The maximum absolute atomic E-state index is 2.34. The van der Waals surface area contributed by atoms with Crippen LogP contribution in [0.5, 0.6) is 0 Å². The topological polar surface area (TPSA) is 0 Å². The normalized spacial score (nSPS) is 13.1. The Hall–Kier alpha value is -0.430. The van der Waals surface area contributed by atoms with Crippen LogP contribution in [-0.2, 0) is 6.42 Å². The summed E-state index contributed by atoms with van der Waals surface area (Å²) < 4.78 is 0. The fraction of sp³-hybridized carbons (Fsp3) is 0.571. The van der Waals surface area contributed by atoms with E-state index < -0.39 is 0 Å². The van der Waals surface area contributed by atoms with Crippen molar-refractivity contribution in [1.82, 2.24) is 0 Å². The Balaban J connectivity index is 2.51. The Morgan fingerprint density at radius 1 is 1.13 bits per heavy atom. The Kier molecular flexibility index (Phi) is 5.85. The lowest BCUT2D eigenvalue weighted by atomic mass is 9.87. The molecule has 1 heteroatoms. The SMILES string of the molecule is CSCCC(Cc1ccccc1)C(C)C. The van der Waals surface area contributed by atoms with Gasteiger partial charge in [0.05, 0.1) is 0 Å². The molecule has 0 bridgehead atoms. The van der Waals surface area contributed by atoms with Gasteiger partial charge in [0.15, 0.2) is 0 Å². The van der Waals surface area contributed by atoms with E-state index >= 15 is 0 Å². The van der Waals surface area contributed by atoms with E-state index in [1.54, 1.807) is 0 Å². The molecule has 0 N–H and O–H groups in total. The molecule has 0 heterocycles. The fourth-order valence-electron chi connectivity index (χ4n) is 1.86. The van der Waals surface area contributed by atoms with Crippen molar-refractivity contribution in [2.75, 3.05) is 12.0 Å². The Labute approximate surface area is 98.5 Å². The van der Waals surface area contributed by atoms with E-state index in [4.69, 9.17) is 0 Å². The number of thioether (sulfide) groups is 1. The molecule has 15 heavy (non-hydrogen) atoms. The number of benzene rings is 1. The smallest absolute Gasteiger partial charge is 0.00675 e. The lowest BCUT2D eigenvalue weighted by Gasteiger charge is -2.20. The molecule has 0 aliphatic heterocycles. The maximum Gasteiger partial charge on any atom is -0.00675 e. The number of hydrogen-bond donors (Lipinski definition) is 0. The van der Waals surface area contributed by atoms with Crippen LogP contribution >= 0.6 is 11.8 Å². The highest BCUT2D eigenvalue weighted by atomic mass is 32.2. The molecule has 0 radical (unpaired) electrons. The average Bonchev–Trinajstić information content (AvgIpc) is 2.25. The first kappa shape index (κ1) is 12.6. The van der Waals surface area contributed by atoms with Gasteiger partial charge in [-0.1, -0.05) is 44.2 Å². The molecule has 0 aliphatic rings. The summed E-state index contributed by atoms with van der Waals surface area (Å²) in [5, 5.41) is 0. The second-order valence-corrected chi connectivity index (χ2v) is 5.46. The van der Waals surface area contributed by atoms with Crippen LogP contribution in [0.3, 0.4) is 0 Å². The van der Waals surface area contributed by atoms with Crippen molar-refractivity contribution < 1.29 is 0 Å². The fourth-order valence-corrected chi connectivity index (χ4v) is 2.40. The van der Waals surface area contributed by atoms with Gasteiger partial charge in [0, 0.05) is 0 Å². The van der Waals surface area contributed by atoms with E-state index in [-0.39, 0.29) is 0 Å². The van der Waals surface area contributed by atoms with E-state index in [0.29, 0.717) is 0 Å². The molecule has 84 valence electrons. The van der Waals surface area contributed by atoms with Crippen molar-refractivity contribution in [3.63, 3.8) is 0 Å². The standard InChI is InChI=1S/C14H22S/c1-12(2)14(9-10-15-3)11-13-7-5-4-6-8-13/h4-8,12,14H,9-11H2,1-3H3. The minimum absolute atomic E-state index is 0.789. The molecule has 0 aromatic heterocycles. The summed E-state index contributed by atoms with van der Waals surface area (Å²) >= 11 is 1.96. The van der Waals surface area contributed by atoms with Gasteiger partial charge < -0.3 is 0 Å². The van der Waals surface area contributed by atoms with Crippen LogP contribution in [0, 0.1) is 11.8 Å². The molecule has 1 aromatic carbocycles. The van der Waals surface area contributed by atoms with Gasteiger partial charge in [-0.15, -0.1) is 0 Å². The Morgan fingerprint density at radius 2 is 1.80 bits per heavy atom. The highest BCUT2D eigenvalue weighted by Crippen LogP contribution is 2.22. The summed E-state index contributed by atoms with van der Waals surface area (Å²) in [6.07, 6.45) is 4.77. The van der Waals surface area contributed by atoms with Crippen molar-refractivity contribution in [2.45, 2.75) is 26.7 Å². The van der Waals surface area contributed by atoms with Crippen molar-refractivity contribution >= 4 is 11.8 Å². The van der Waals surface area contributed by atoms with Gasteiger partial charge in [-0.05, 0) is 42.2 Å². The first-order valence-electron chi connectivity index (χ1n) is 5.77. The first-order chi connectivity index (χ1) is 7.24. The molecular weight excluding hydrogens is 200 g/mol. The monoisotopic (exact) mass is 222 g/mol. The zero-order chi connectivity index (χ0) is 11.1. The third kappa shape index (κ3) is 4.74. The molecule has 0 aliphatic carbocycles. The van der Waals surface area contributed by atoms with Gasteiger partial charge in [0.2, 0.25) is 0 Å². The van der Waals surface area contributed by atoms with Crippen molar-refractivity contribution in [1.29, 1.82) is 0 Å². The third-order valence-electron chi connectivity index (χ3n) is 2.98. The second kappa shape index (κ2) is 6.95. The molecule has 0 nitrogen and oxygen atoms in total. The highest BCUT2D eigenvalue weighted by Gasteiger charge is 2.13. The molecular formula is C14H22S. The molecule has 1 rings (SSSR count). The van der Waals surface area contributed by atoms with E-state index in [1.807, 2.05) is 11.8 Å². The molecule has 0 saturated heterocycles. The van der Waals surface area contributed by atoms with Gasteiger partial charge in [0.25, 0.3) is 0 Å². The summed E-state index contributed by atoms with van der Waals surface area (Å²) in [7, 11) is 0. The van der Waals surface area contributed by atoms with E-state index in [9.17, 15) is 0 Å². The molecule has 1 aromatic rings. The van der Waals surface area contributed by atoms with Crippen LogP contribution in [0.4, 0.5) is 0 Å². The average molecular weight is 222 g/mol. The summed E-state index contributed by atoms with van der Waals surface area (Å²) in [5.74, 6) is 2.91. The van der Waals surface area contributed by atoms with E-state index in [1.165, 1.54) is 24.2 Å². The third-order valence-corrected chi connectivity index (χ3v) is 3.62. The molecule has 1 atom stereocenters.